The fourth-order valence-electron chi connectivity index (χ4n) is 4.83. The van der Waals surface area contributed by atoms with E-state index in [-0.39, 0.29) is 0 Å². The summed E-state index contributed by atoms with van der Waals surface area (Å²) >= 11 is 0. The van der Waals surface area contributed by atoms with Crippen molar-refractivity contribution in [1.82, 2.24) is 10.2 Å². The van der Waals surface area contributed by atoms with Crippen molar-refractivity contribution in [1.29, 1.82) is 0 Å². The van der Waals surface area contributed by atoms with Gasteiger partial charge in [0.1, 0.15) is 0 Å². The molecule has 0 bridgehead atoms. The summed E-state index contributed by atoms with van der Waals surface area (Å²) in [7, 11) is 0. The Labute approximate surface area is 116 Å². The molecule has 1 aliphatic carbocycles. The average Bonchev–Trinajstić information content (AvgIpc) is 3.05. The van der Waals surface area contributed by atoms with Crippen LogP contribution in [0.4, 0.5) is 0 Å². The predicted octanol–water partition coefficient (Wildman–Crippen LogP) is 2.08. The Hall–Kier alpha value is -0.860. The quantitative estimate of drug-likeness (QED) is 0.827. The van der Waals surface area contributed by atoms with Gasteiger partial charge in [0.15, 0.2) is 0 Å². The second-order valence-corrected chi connectivity index (χ2v) is 7.16. The van der Waals surface area contributed by atoms with Crippen molar-refractivity contribution in [2.75, 3.05) is 19.6 Å². The minimum absolute atomic E-state index is 0.362. The standard InChI is InChI=1S/C17H24N2/c1-17(2)16-10-18-9-14(16)11-19(17)15-7-12-5-3-4-6-13(12)8-15/h3-6,14-16,18H,7-11H2,1-2H3. The summed E-state index contributed by atoms with van der Waals surface area (Å²) in [4.78, 5) is 2.82. The van der Waals surface area contributed by atoms with Gasteiger partial charge in [0.05, 0.1) is 0 Å². The number of hydrogen-bond acceptors (Lipinski definition) is 2. The Morgan fingerprint density at radius 1 is 1.11 bits per heavy atom. The first-order chi connectivity index (χ1) is 9.16. The van der Waals surface area contributed by atoms with Crippen LogP contribution < -0.4 is 5.32 Å². The molecule has 2 heterocycles. The number of nitrogens with one attached hydrogen (secondary N) is 1. The second-order valence-electron chi connectivity index (χ2n) is 7.16. The Balaban J connectivity index is 1.59. The molecule has 2 fully saturated rings. The highest BCUT2D eigenvalue weighted by Gasteiger charge is 2.51. The Bertz CT molecular complexity index is 469. The van der Waals surface area contributed by atoms with Gasteiger partial charge in [0.25, 0.3) is 0 Å². The summed E-state index contributed by atoms with van der Waals surface area (Å²) in [5.74, 6) is 1.72. The molecule has 2 heteroatoms. The molecule has 2 aliphatic heterocycles. The van der Waals surface area contributed by atoms with Crippen LogP contribution in [0.25, 0.3) is 0 Å². The minimum Gasteiger partial charge on any atom is -0.316 e. The van der Waals surface area contributed by atoms with Gasteiger partial charge in [-0.05, 0) is 56.2 Å². The third-order valence-corrected chi connectivity index (χ3v) is 5.89. The number of hydrogen-bond donors (Lipinski definition) is 1. The van der Waals surface area contributed by atoms with Gasteiger partial charge in [-0.1, -0.05) is 24.3 Å². The van der Waals surface area contributed by atoms with Gasteiger partial charge in [-0.25, -0.2) is 0 Å². The number of fused-ring (bicyclic) bond motifs is 2. The SMILES string of the molecule is CC1(C)C2CNCC2CN1C1Cc2ccccc2C1. The normalized spacial score (nSPS) is 33.6. The third kappa shape index (κ3) is 1.70. The molecule has 4 rings (SSSR count). The number of likely N-dealkylation sites (tertiary alicyclic amines) is 1. The topological polar surface area (TPSA) is 15.3 Å². The van der Waals surface area contributed by atoms with Gasteiger partial charge in [-0.3, -0.25) is 4.90 Å². The number of rotatable bonds is 1. The van der Waals surface area contributed by atoms with Crippen LogP contribution in [0.1, 0.15) is 25.0 Å². The van der Waals surface area contributed by atoms with Crippen LogP contribution in [-0.4, -0.2) is 36.1 Å². The molecule has 0 amide bonds. The monoisotopic (exact) mass is 256 g/mol. The molecule has 1 aromatic carbocycles. The maximum atomic E-state index is 3.58. The van der Waals surface area contributed by atoms with Crippen molar-refractivity contribution in [2.45, 2.75) is 38.3 Å². The van der Waals surface area contributed by atoms with Crippen molar-refractivity contribution >= 4 is 0 Å². The summed E-state index contributed by atoms with van der Waals surface area (Å²) in [6.07, 6.45) is 2.51. The summed E-state index contributed by atoms with van der Waals surface area (Å²) in [5.41, 5.74) is 3.53. The van der Waals surface area contributed by atoms with E-state index in [0.29, 0.717) is 5.54 Å². The largest absolute Gasteiger partial charge is 0.316 e. The van der Waals surface area contributed by atoms with E-state index in [9.17, 15) is 0 Å². The molecule has 0 radical (unpaired) electrons. The Morgan fingerprint density at radius 3 is 2.42 bits per heavy atom. The zero-order chi connectivity index (χ0) is 13.0. The lowest BCUT2D eigenvalue weighted by molar-refractivity contribution is 0.0931. The molecule has 3 aliphatic rings. The zero-order valence-electron chi connectivity index (χ0n) is 12.0. The predicted molar refractivity (Wildman–Crippen MR) is 78.3 cm³/mol. The maximum Gasteiger partial charge on any atom is 0.0200 e. The molecule has 2 saturated heterocycles. The Kier molecular flexibility index (Phi) is 2.55. The number of benzene rings is 1. The first kappa shape index (κ1) is 11.9. The smallest absolute Gasteiger partial charge is 0.0200 e. The van der Waals surface area contributed by atoms with Gasteiger partial charge in [-0.2, -0.15) is 0 Å². The van der Waals surface area contributed by atoms with Crippen molar-refractivity contribution in [3.8, 4) is 0 Å². The molecule has 0 saturated carbocycles. The van der Waals surface area contributed by atoms with Crippen LogP contribution >= 0.6 is 0 Å². The molecule has 19 heavy (non-hydrogen) atoms. The highest BCUT2D eigenvalue weighted by atomic mass is 15.3. The molecule has 0 aromatic heterocycles. The van der Waals surface area contributed by atoms with Crippen LogP contribution in [0, 0.1) is 11.8 Å². The molecule has 2 unspecified atom stereocenters. The summed E-state index contributed by atoms with van der Waals surface area (Å²) in [5, 5.41) is 3.58. The van der Waals surface area contributed by atoms with Crippen molar-refractivity contribution < 1.29 is 0 Å². The lowest BCUT2D eigenvalue weighted by atomic mass is 9.84. The van der Waals surface area contributed by atoms with Gasteiger partial charge in [0.2, 0.25) is 0 Å². The van der Waals surface area contributed by atoms with Crippen molar-refractivity contribution in [3.05, 3.63) is 35.4 Å². The summed E-state index contributed by atoms with van der Waals surface area (Å²) in [6, 6.07) is 9.75. The van der Waals surface area contributed by atoms with E-state index in [2.05, 4.69) is 48.3 Å². The average molecular weight is 256 g/mol. The zero-order valence-corrected chi connectivity index (χ0v) is 12.0. The second kappa shape index (κ2) is 4.07. The summed E-state index contributed by atoms with van der Waals surface area (Å²) < 4.78 is 0. The van der Waals surface area contributed by atoms with E-state index >= 15 is 0 Å². The molecule has 2 nitrogen and oxygen atoms in total. The van der Waals surface area contributed by atoms with E-state index in [0.717, 1.165) is 17.9 Å². The third-order valence-electron chi connectivity index (χ3n) is 5.89. The highest BCUT2D eigenvalue weighted by Crippen LogP contribution is 2.43. The molecular formula is C17H24N2. The van der Waals surface area contributed by atoms with Gasteiger partial charge >= 0.3 is 0 Å². The van der Waals surface area contributed by atoms with Crippen LogP contribution in [-0.2, 0) is 12.8 Å². The van der Waals surface area contributed by atoms with Crippen LogP contribution in [0.3, 0.4) is 0 Å². The van der Waals surface area contributed by atoms with Crippen molar-refractivity contribution in [2.24, 2.45) is 11.8 Å². The van der Waals surface area contributed by atoms with E-state index in [1.165, 1.54) is 32.5 Å². The molecule has 102 valence electrons. The fourth-order valence-corrected chi connectivity index (χ4v) is 4.83. The van der Waals surface area contributed by atoms with E-state index in [1.54, 1.807) is 11.1 Å². The molecule has 1 aromatic rings. The first-order valence-electron chi connectivity index (χ1n) is 7.70. The lowest BCUT2D eigenvalue weighted by Gasteiger charge is -2.39. The molecular weight excluding hydrogens is 232 g/mol. The van der Waals surface area contributed by atoms with Gasteiger partial charge in [-0.15, -0.1) is 0 Å². The molecule has 1 N–H and O–H groups in total. The van der Waals surface area contributed by atoms with Gasteiger partial charge < -0.3 is 5.32 Å². The fraction of sp³-hybridized carbons (Fsp3) is 0.647. The highest BCUT2D eigenvalue weighted by molar-refractivity contribution is 5.34. The van der Waals surface area contributed by atoms with E-state index in [1.807, 2.05) is 0 Å². The Morgan fingerprint density at radius 2 is 1.79 bits per heavy atom. The lowest BCUT2D eigenvalue weighted by Crippen LogP contribution is -2.50. The summed E-state index contributed by atoms with van der Waals surface area (Å²) in [6.45, 7) is 8.67. The van der Waals surface area contributed by atoms with Crippen LogP contribution in [0.15, 0.2) is 24.3 Å². The molecule has 2 atom stereocenters. The molecule has 0 spiro atoms. The number of nitrogens with zero attached hydrogens (tertiary/aromatic N) is 1. The van der Waals surface area contributed by atoms with Crippen LogP contribution in [0.2, 0.25) is 0 Å². The van der Waals surface area contributed by atoms with Gasteiger partial charge in [0, 0.05) is 24.7 Å². The van der Waals surface area contributed by atoms with E-state index < -0.39 is 0 Å². The maximum absolute atomic E-state index is 3.58. The first-order valence-corrected chi connectivity index (χ1v) is 7.70. The van der Waals surface area contributed by atoms with E-state index in [4.69, 9.17) is 0 Å². The van der Waals surface area contributed by atoms with Crippen molar-refractivity contribution in [3.63, 3.8) is 0 Å². The van der Waals surface area contributed by atoms with Crippen LogP contribution in [0.5, 0.6) is 0 Å². The minimum atomic E-state index is 0.362.